The molecule has 0 aliphatic carbocycles. The van der Waals surface area contributed by atoms with E-state index in [1.807, 2.05) is 51.1 Å². The van der Waals surface area contributed by atoms with Gasteiger partial charge in [-0.15, -0.1) is 0 Å². The highest BCUT2D eigenvalue weighted by Crippen LogP contribution is 2.29. The van der Waals surface area contributed by atoms with Gasteiger partial charge in [-0.25, -0.2) is 27.5 Å². The number of guanidine groups is 1. The molecule has 12 amide bonds. The molecule has 0 bridgehead atoms. The third-order valence-corrected chi connectivity index (χ3v) is 24.6. The Hall–Kier alpha value is -11.9. The molecular formula is C95H136ClN15O21S2. The first-order valence-corrected chi connectivity index (χ1v) is 48.1. The molecule has 0 aromatic heterocycles. The zero-order valence-electron chi connectivity index (χ0n) is 78.8. The first kappa shape index (κ1) is 113. The van der Waals surface area contributed by atoms with E-state index in [0.29, 0.717) is 28.1 Å². The number of rotatable bonds is 57. The smallest absolute Gasteiger partial charge is 0.408 e. The average molecular weight is 1920 g/mol. The van der Waals surface area contributed by atoms with Crippen LogP contribution in [0.15, 0.2) is 144 Å². The maximum absolute atomic E-state index is 15.7. The third-order valence-electron chi connectivity index (χ3n) is 21.6. The number of esters is 1. The van der Waals surface area contributed by atoms with Crippen LogP contribution >= 0.6 is 23.4 Å². The number of aliphatic carboxylic acids is 1. The first-order valence-electron chi connectivity index (χ1n) is 45.2. The number of thioether (sulfide) groups is 1. The van der Waals surface area contributed by atoms with Crippen molar-refractivity contribution in [2.75, 3.05) is 18.8 Å². The van der Waals surface area contributed by atoms with Gasteiger partial charge in [-0.2, -0.15) is 11.8 Å². The van der Waals surface area contributed by atoms with E-state index in [9.17, 15) is 51.9 Å². The summed E-state index contributed by atoms with van der Waals surface area (Å²) in [7, 11) is -4.33. The number of ether oxygens (including phenoxy) is 4. The lowest BCUT2D eigenvalue weighted by Gasteiger charge is -2.31. The van der Waals surface area contributed by atoms with E-state index in [-0.39, 0.29) is 106 Å². The van der Waals surface area contributed by atoms with Crippen molar-refractivity contribution in [1.29, 1.82) is 5.41 Å². The van der Waals surface area contributed by atoms with Gasteiger partial charge in [0.15, 0.2) is 0 Å². The molecule has 0 saturated heterocycles. The molecule has 17 N–H and O–H groups in total. The topological polar surface area (TPSA) is 537 Å². The van der Waals surface area contributed by atoms with Crippen molar-refractivity contribution >= 4 is 123 Å². The predicted octanol–water partition coefficient (Wildman–Crippen LogP) is 8.74. The molecule has 736 valence electrons. The summed E-state index contributed by atoms with van der Waals surface area (Å²) >= 11 is 7.56. The number of nitrogens with one attached hydrogen (secondary N) is 14. The van der Waals surface area contributed by atoms with Gasteiger partial charge in [0.25, 0.3) is 10.0 Å². The first-order chi connectivity index (χ1) is 63.4. The molecule has 3 unspecified atom stereocenters. The number of alkyl carbamates (subject to hydrolysis) is 2. The molecule has 0 heterocycles. The quantitative estimate of drug-likeness (QED) is 0.00568. The number of sulfonamides is 1. The number of benzene rings is 5. The number of carbonyl (C=O) groups excluding carboxylic acids is 13. The van der Waals surface area contributed by atoms with E-state index < -0.39 is 215 Å². The second kappa shape index (κ2) is 57.6. The molecule has 0 fully saturated rings. The summed E-state index contributed by atoms with van der Waals surface area (Å²) in [5.41, 5.74) is 8.19. The summed E-state index contributed by atoms with van der Waals surface area (Å²) in [6.45, 7) is 23.2. The summed E-state index contributed by atoms with van der Waals surface area (Å²) < 4.78 is 51.8. The van der Waals surface area contributed by atoms with E-state index in [2.05, 4.69) is 68.5 Å². The Morgan fingerprint density at radius 3 is 1.46 bits per heavy atom. The molecule has 0 saturated carbocycles. The fraction of sp³-hybridized carbons (Fsp3) is 0.526. The normalized spacial score (nSPS) is 14.5. The predicted molar refractivity (Wildman–Crippen MR) is 508 cm³/mol. The number of carboxylic acids is 1. The minimum atomic E-state index is -4.33. The van der Waals surface area contributed by atoms with Crippen molar-refractivity contribution in [3.63, 3.8) is 0 Å². The van der Waals surface area contributed by atoms with Gasteiger partial charge < -0.3 is 93.6 Å². The minimum Gasteiger partial charge on any atom is -0.480 e. The summed E-state index contributed by atoms with van der Waals surface area (Å²) in [6.07, 6.45) is -5.12. The molecule has 0 aliphatic rings. The van der Waals surface area contributed by atoms with Gasteiger partial charge in [-0.05, 0) is 158 Å². The molecule has 5 rings (SSSR count). The Balaban J connectivity index is 1.57. The van der Waals surface area contributed by atoms with Gasteiger partial charge in [0.2, 0.25) is 65.0 Å². The number of unbranched alkanes of at least 4 members (excludes halogenated alkanes) is 1. The number of aryl methyl sites for hydroxylation is 1. The zero-order chi connectivity index (χ0) is 99.4. The van der Waals surface area contributed by atoms with Crippen molar-refractivity contribution in [1.82, 2.24) is 68.5 Å². The number of nitrogens with two attached hydrogens (primary N) is 1. The Bertz CT molecular complexity index is 4790. The lowest BCUT2D eigenvalue weighted by Crippen LogP contribution is -2.62. The van der Waals surface area contributed by atoms with Gasteiger partial charge >= 0.3 is 24.1 Å². The molecule has 0 radical (unpaired) electrons. The lowest BCUT2D eigenvalue weighted by molar-refractivity contribution is -0.146. The Morgan fingerprint density at radius 2 is 0.910 bits per heavy atom. The van der Waals surface area contributed by atoms with Crippen LogP contribution in [-0.4, -0.2) is 194 Å². The van der Waals surface area contributed by atoms with Gasteiger partial charge in [0, 0.05) is 47.5 Å². The number of amides is 12. The van der Waals surface area contributed by atoms with Crippen LogP contribution in [-0.2, 0) is 106 Å². The molecular weight excluding hydrogens is 1790 g/mol. The SMILES string of the molecule is CCC(C)[C@H](NC(=O)[C@H](CCCCNC(=O)OCc1ccccc1Cl)NC(=O)[C@@H](NC(=O)[C@H](CCC(N)=O)NC(=O)[C@H](CCCNC(=N)NS(=O)(=O)c1ccc(C)cc1)NC(=O)[C@H](CCC(=O)OCc1ccccc1)NC(=O)[C@@H](NC(=O)[C@H](CC(C)C)NC(=O)[C@H](CSC(C)c1ccccc1)NC(=O)[C@H](CC(C)C)NC(=O)OC(C)(C)C)[C@@H](C)OCc1ccccc1)C(C)CC)C(=O)O. The van der Waals surface area contributed by atoms with Crippen LogP contribution in [0, 0.1) is 36.0 Å². The number of carbonyl (C=O) groups is 14. The Labute approximate surface area is 794 Å². The van der Waals surface area contributed by atoms with Crippen LogP contribution < -0.4 is 74.3 Å². The van der Waals surface area contributed by atoms with Crippen molar-refractivity contribution in [2.45, 2.75) is 282 Å². The van der Waals surface area contributed by atoms with Crippen LogP contribution in [0.2, 0.25) is 5.02 Å². The van der Waals surface area contributed by atoms with Gasteiger partial charge in [0.1, 0.15) is 79.2 Å². The number of hydrogen-bond acceptors (Lipinski definition) is 22. The van der Waals surface area contributed by atoms with Gasteiger partial charge in [-0.3, -0.25) is 58.1 Å². The fourth-order valence-corrected chi connectivity index (χ4v) is 15.7. The summed E-state index contributed by atoms with van der Waals surface area (Å²) in [4.78, 5) is 201. The molecule has 0 spiro atoms. The number of halogens is 1. The van der Waals surface area contributed by atoms with Crippen LogP contribution in [0.5, 0.6) is 0 Å². The molecule has 0 aliphatic heterocycles. The average Bonchev–Trinajstić information content (AvgIpc) is 0.842. The highest BCUT2D eigenvalue weighted by atomic mass is 35.5. The maximum Gasteiger partial charge on any atom is 0.408 e. The molecule has 39 heteroatoms. The van der Waals surface area contributed by atoms with E-state index in [4.69, 9.17) is 41.7 Å². The van der Waals surface area contributed by atoms with Gasteiger partial charge in [0.05, 0.1) is 17.6 Å². The van der Waals surface area contributed by atoms with Crippen LogP contribution in [0.25, 0.3) is 0 Å². The van der Waals surface area contributed by atoms with E-state index in [0.717, 1.165) is 11.1 Å². The molecule has 5 aromatic rings. The van der Waals surface area contributed by atoms with E-state index in [1.165, 1.54) is 30.8 Å². The summed E-state index contributed by atoms with van der Waals surface area (Å²) in [6, 6.07) is 23.5. The van der Waals surface area contributed by atoms with E-state index in [1.54, 1.807) is 166 Å². The Kier molecular flexibility index (Phi) is 48.4. The standard InChI is InChI=1S/C95H136ClN15O21S2/c1-15-60(8)79(89(121)103-70(84(116)109-80(91(123)124)61(9)16-2)39-28-29-49-100-93(125)131-55-67-37-26-27-38-69(67)96)108-85(117)72(45-47-77(97)112)102-82(114)71(40-30-50-99-92(98)111-134(127,128)68-43-41-59(7)42-44-68)101-83(115)73(46-48-78(113)130-54-65-33-22-18-23-34-65)104-90(122)81(62(10)129-53-64-31-20-17-21-32-64)110-87(119)74(51-57(3)4)105-88(120)76(56-133-63(11)66-35-24-19-25-36-66)106-86(118)75(52-58(5)6)107-94(126)132-95(12,13)14/h17-27,31-38,41-44,57-58,60-63,70-76,79-81H,15-16,28-30,39-40,45-56H2,1-14H3,(H2,97,112)(H,100,125)(H,101,115)(H,102,114)(H,103,121)(H,104,122)(H,105,120)(H,106,118)(H,107,126)(H,108,117)(H,109,116)(H,110,119)(H,123,124)(H3,98,99,111)/t60?,61?,62-,63?,70+,71+,72+,73+,74+,75+,76+,79+,80+,81+/m1/s1. The second-order valence-corrected chi connectivity index (χ2v) is 38.4. The second-order valence-electron chi connectivity index (χ2n) is 34.9. The zero-order valence-corrected chi connectivity index (χ0v) is 81.2. The maximum atomic E-state index is 15.7. The fourth-order valence-electron chi connectivity index (χ4n) is 13.5. The molecule has 14 atom stereocenters. The van der Waals surface area contributed by atoms with Crippen molar-refractivity contribution in [3.8, 4) is 0 Å². The highest BCUT2D eigenvalue weighted by Gasteiger charge is 2.40. The van der Waals surface area contributed by atoms with Crippen molar-refractivity contribution in [3.05, 3.63) is 172 Å². The summed E-state index contributed by atoms with van der Waals surface area (Å²) in [5, 5.41) is 51.0. The number of carboxylic acid groups (broad SMARTS) is 1. The largest absolute Gasteiger partial charge is 0.480 e. The monoisotopic (exact) mass is 1920 g/mol. The molecule has 5 aromatic carbocycles. The minimum absolute atomic E-state index is 0.0356. The van der Waals surface area contributed by atoms with Crippen LogP contribution in [0.1, 0.15) is 207 Å². The van der Waals surface area contributed by atoms with E-state index >= 15 is 28.8 Å². The Morgan fingerprint density at radius 1 is 0.470 bits per heavy atom. The van der Waals surface area contributed by atoms with Crippen molar-refractivity contribution in [2.24, 2.45) is 29.4 Å². The third kappa shape index (κ3) is 41.7. The number of primary amides is 1. The summed E-state index contributed by atoms with van der Waals surface area (Å²) in [5.74, 6) is -14.7. The molecule has 134 heavy (non-hydrogen) atoms. The highest BCUT2D eigenvalue weighted by molar-refractivity contribution is 7.99. The van der Waals surface area contributed by atoms with Crippen molar-refractivity contribution < 1.29 is 99.6 Å². The number of hydrogen-bond donors (Lipinski definition) is 16. The molecule has 36 nitrogen and oxygen atoms in total. The van der Waals surface area contributed by atoms with Crippen LogP contribution in [0.3, 0.4) is 0 Å². The van der Waals surface area contributed by atoms with Crippen LogP contribution in [0.4, 0.5) is 9.59 Å². The van der Waals surface area contributed by atoms with Gasteiger partial charge in [-0.1, -0.05) is 207 Å². The lowest BCUT2D eigenvalue weighted by atomic mass is 9.96.